The molecule has 6 nitrogen and oxygen atoms in total. The average Bonchev–Trinajstić information content (AvgIpc) is 3.38. The van der Waals surface area contributed by atoms with Crippen LogP contribution in [0.25, 0.3) is 22.5 Å². The number of fused-ring (bicyclic) bond motifs is 1. The highest BCUT2D eigenvalue weighted by molar-refractivity contribution is 7.98. The van der Waals surface area contributed by atoms with Crippen LogP contribution in [-0.4, -0.2) is 52.1 Å². The van der Waals surface area contributed by atoms with Gasteiger partial charge in [-0.15, -0.1) is 10.2 Å². The lowest BCUT2D eigenvalue weighted by Gasteiger charge is -2.37. The maximum atomic E-state index is 4.81. The predicted octanol–water partition coefficient (Wildman–Crippen LogP) is 5.78. The molecule has 1 saturated heterocycles. The van der Waals surface area contributed by atoms with Crippen LogP contribution in [0, 0.1) is 0 Å². The van der Waals surface area contributed by atoms with Gasteiger partial charge in [-0.2, -0.15) is 0 Å². The van der Waals surface area contributed by atoms with Crippen molar-refractivity contribution in [3.8, 4) is 22.5 Å². The lowest BCUT2D eigenvalue weighted by Crippen LogP contribution is -2.44. The molecule has 0 saturated carbocycles. The SMILES string of the molecule is CSc1nnc(-c2ccccc2)c(-c2ccc(CN3CCC(N4CNc5ccccc54)CC3)cc2)n1. The van der Waals surface area contributed by atoms with Crippen molar-refractivity contribution in [3.05, 3.63) is 84.4 Å². The Morgan fingerprint density at radius 1 is 0.833 bits per heavy atom. The van der Waals surface area contributed by atoms with E-state index in [9.17, 15) is 0 Å². The van der Waals surface area contributed by atoms with Crippen LogP contribution >= 0.6 is 11.8 Å². The first-order chi connectivity index (χ1) is 17.8. The summed E-state index contributed by atoms with van der Waals surface area (Å²) >= 11 is 1.51. The van der Waals surface area contributed by atoms with Crippen molar-refractivity contribution in [3.63, 3.8) is 0 Å². The molecule has 0 unspecified atom stereocenters. The van der Waals surface area contributed by atoms with Gasteiger partial charge < -0.3 is 10.2 Å². The van der Waals surface area contributed by atoms with E-state index in [0.717, 1.165) is 48.8 Å². The van der Waals surface area contributed by atoms with E-state index in [0.29, 0.717) is 11.2 Å². The van der Waals surface area contributed by atoms with E-state index in [1.807, 2.05) is 24.5 Å². The third-order valence-electron chi connectivity index (χ3n) is 7.18. The summed E-state index contributed by atoms with van der Waals surface area (Å²) in [6.45, 7) is 4.14. The smallest absolute Gasteiger partial charge is 0.209 e. The minimum atomic E-state index is 0.604. The van der Waals surface area contributed by atoms with Crippen LogP contribution in [0.5, 0.6) is 0 Å². The number of anilines is 2. The van der Waals surface area contributed by atoms with Crippen LogP contribution in [0.3, 0.4) is 0 Å². The maximum absolute atomic E-state index is 4.81. The van der Waals surface area contributed by atoms with E-state index in [1.165, 1.54) is 41.5 Å². The summed E-state index contributed by atoms with van der Waals surface area (Å²) in [5.74, 6) is 0. The number of thioether (sulfide) groups is 1. The molecule has 1 N–H and O–H groups in total. The Balaban J connectivity index is 1.13. The normalized spacial score (nSPS) is 16.1. The molecule has 36 heavy (non-hydrogen) atoms. The summed E-state index contributed by atoms with van der Waals surface area (Å²) in [5.41, 5.74) is 7.75. The molecule has 1 aromatic heterocycles. The third-order valence-corrected chi connectivity index (χ3v) is 7.72. The average molecular weight is 495 g/mol. The third kappa shape index (κ3) is 4.68. The number of piperidine rings is 1. The molecular formula is C29H30N6S. The van der Waals surface area contributed by atoms with Gasteiger partial charge in [0.1, 0.15) is 11.4 Å². The molecule has 1 fully saturated rings. The molecule has 2 aliphatic heterocycles. The van der Waals surface area contributed by atoms with Gasteiger partial charge in [0.05, 0.1) is 18.0 Å². The standard InChI is InChI=1S/C29H30N6S/c1-36-29-31-27(28(32-33-29)22-7-3-2-4-8-22)23-13-11-21(12-14-23)19-34-17-15-24(16-18-34)35-20-30-25-9-5-6-10-26(25)35/h2-14,24,30H,15-20H2,1H3. The molecule has 0 aliphatic carbocycles. The molecule has 0 bridgehead atoms. The van der Waals surface area contributed by atoms with Crippen molar-refractivity contribution in [2.24, 2.45) is 0 Å². The lowest BCUT2D eigenvalue weighted by atomic mass is 10.0. The summed E-state index contributed by atoms with van der Waals surface area (Å²) in [5, 5.41) is 13.0. The Labute approximate surface area is 216 Å². The van der Waals surface area contributed by atoms with Gasteiger partial charge in [0.2, 0.25) is 5.16 Å². The summed E-state index contributed by atoms with van der Waals surface area (Å²) in [6, 6.07) is 28.3. The van der Waals surface area contributed by atoms with Crippen molar-refractivity contribution in [1.82, 2.24) is 20.1 Å². The Morgan fingerprint density at radius 2 is 1.56 bits per heavy atom. The van der Waals surface area contributed by atoms with Gasteiger partial charge in [0.25, 0.3) is 0 Å². The number of benzene rings is 3. The zero-order chi connectivity index (χ0) is 24.3. The van der Waals surface area contributed by atoms with Crippen molar-refractivity contribution in [2.75, 3.05) is 36.2 Å². The highest BCUT2D eigenvalue weighted by atomic mass is 32.2. The quantitative estimate of drug-likeness (QED) is 0.341. The van der Waals surface area contributed by atoms with Gasteiger partial charge in [0.15, 0.2) is 0 Å². The number of hydrogen-bond acceptors (Lipinski definition) is 7. The van der Waals surface area contributed by atoms with Crippen molar-refractivity contribution in [2.45, 2.75) is 30.6 Å². The second-order valence-corrected chi connectivity index (χ2v) is 10.2. The van der Waals surface area contributed by atoms with Gasteiger partial charge in [-0.25, -0.2) is 4.98 Å². The first kappa shape index (κ1) is 23.0. The number of rotatable bonds is 6. The van der Waals surface area contributed by atoms with Crippen LogP contribution in [0.15, 0.2) is 84.0 Å². The van der Waals surface area contributed by atoms with E-state index in [-0.39, 0.29) is 0 Å². The van der Waals surface area contributed by atoms with Crippen LogP contribution in [-0.2, 0) is 6.54 Å². The van der Waals surface area contributed by atoms with E-state index >= 15 is 0 Å². The fraction of sp³-hybridized carbons (Fsp3) is 0.276. The number of nitrogens with zero attached hydrogens (tertiary/aromatic N) is 5. The molecule has 7 heteroatoms. The van der Waals surface area contributed by atoms with Crippen molar-refractivity contribution in [1.29, 1.82) is 0 Å². The van der Waals surface area contributed by atoms with Crippen LogP contribution in [0.2, 0.25) is 0 Å². The minimum Gasteiger partial charge on any atom is -0.366 e. The highest BCUT2D eigenvalue weighted by Gasteiger charge is 2.28. The van der Waals surface area contributed by atoms with Gasteiger partial charge in [-0.3, -0.25) is 4.90 Å². The Kier molecular flexibility index (Phi) is 6.57. The molecule has 3 aromatic carbocycles. The van der Waals surface area contributed by atoms with Crippen molar-refractivity contribution >= 4 is 23.1 Å². The number of aromatic nitrogens is 3. The second-order valence-electron chi connectivity index (χ2n) is 9.39. The number of para-hydroxylation sites is 2. The molecule has 0 spiro atoms. The van der Waals surface area contributed by atoms with Crippen molar-refractivity contribution < 1.29 is 0 Å². The Morgan fingerprint density at radius 3 is 2.33 bits per heavy atom. The van der Waals surface area contributed by atoms with Crippen LogP contribution in [0.4, 0.5) is 11.4 Å². The van der Waals surface area contributed by atoms with E-state index < -0.39 is 0 Å². The molecule has 2 aliphatic rings. The van der Waals surface area contributed by atoms with Crippen LogP contribution < -0.4 is 10.2 Å². The lowest BCUT2D eigenvalue weighted by molar-refractivity contribution is 0.202. The molecule has 0 amide bonds. The molecule has 0 atom stereocenters. The minimum absolute atomic E-state index is 0.604. The summed E-state index contributed by atoms with van der Waals surface area (Å²) in [4.78, 5) is 9.94. The van der Waals surface area contributed by atoms with Crippen LogP contribution in [0.1, 0.15) is 18.4 Å². The van der Waals surface area contributed by atoms with Gasteiger partial charge in [-0.1, -0.05) is 78.5 Å². The molecule has 182 valence electrons. The first-order valence-corrected chi connectivity index (χ1v) is 13.8. The van der Waals surface area contributed by atoms with Gasteiger partial charge >= 0.3 is 0 Å². The summed E-state index contributed by atoms with van der Waals surface area (Å²) in [6.07, 6.45) is 4.37. The predicted molar refractivity (Wildman–Crippen MR) is 148 cm³/mol. The molecule has 4 aromatic rings. The first-order valence-electron chi connectivity index (χ1n) is 12.5. The number of hydrogen-bond donors (Lipinski definition) is 1. The fourth-order valence-electron chi connectivity index (χ4n) is 5.26. The zero-order valence-electron chi connectivity index (χ0n) is 20.5. The Hall–Kier alpha value is -3.42. The van der Waals surface area contributed by atoms with Gasteiger partial charge in [-0.05, 0) is 36.8 Å². The highest BCUT2D eigenvalue weighted by Crippen LogP contribution is 2.35. The fourth-order valence-corrected chi connectivity index (χ4v) is 5.56. The summed E-state index contributed by atoms with van der Waals surface area (Å²) in [7, 11) is 0. The largest absolute Gasteiger partial charge is 0.366 e. The summed E-state index contributed by atoms with van der Waals surface area (Å²) < 4.78 is 0. The maximum Gasteiger partial charge on any atom is 0.209 e. The monoisotopic (exact) mass is 494 g/mol. The molecule has 6 rings (SSSR count). The van der Waals surface area contributed by atoms with E-state index in [4.69, 9.17) is 4.98 Å². The Bertz CT molecular complexity index is 1320. The number of likely N-dealkylation sites (tertiary alicyclic amines) is 1. The topological polar surface area (TPSA) is 57.2 Å². The zero-order valence-corrected chi connectivity index (χ0v) is 21.3. The van der Waals surface area contributed by atoms with E-state index in [2.05, 4.69) is 86.0 Å². The number of nitrogens with one attached hydrogen (secondary N) is 1. The molecule has 0 radical (unpaired) electrons. The molecule has 3 heterocycles. The van der Waals surface area contributed by atoms with E-state index in [1.54, 1.807) is 0 Å². The second kappa shape index (κ2) is 10.3. The van der Waals surface area contributed by atoms with Gasteiger partial charge in [0, 0.05) is 36.8 Å². The molecular weight excluding hydrogens is 464 g/mol.